The zero-order valence-corrected chi connectivity index (χ0v) is 12.1. The van der Waals surface area contributed by atoms with E-state index in [0.717, 1.165) is 31.6 Å². The first-order valence-electron chi connectivity index (χ1n) is 6.75. The summed E-state index contributed by atoms with van der Waals surface area (Å²) in [5.74, 6) is 1.50. The van der Waals surface area contributed by atoms with Gasteiger partial charge in [-0.25, -0.2) is 0 Å². The number of benzene rings is 1. The van der Waals surface area contributed by atoms with Crippen LogP contribution in [-0.4, -0.2) is 31.8 Å². The lowest BCUT2D eigenvalue weighted by atomic mass is 10.1. The van der Waals surface area contributed by atoms with Gasteiger partial charge in [0.25, 0.3) is 0 Å². The monoisotopic (exact) mass is 284 g/mol. The fraction of sp³-hybridized carbons (Fsp3) is 0.600. The maximum Gasteiger partial charge on any atom is 0.118 e. The number of halogens is 1. The lowest BCUT2D eigenvalue weighted by Gasteiger charge is -2.05. The molecule has 1 fully saturated rings. The highest BCUT2D eigenvalue weighted by Crippen LogP contribution is 2.27. The van der Waals surface area contributed by atoms with E-state index in [2.05, 4.69) is 0 Å². The molecule has 1 saturated heterocycles. The molecule has 1 aliphatic heterocycles. The molecule has 2 atom stereocenters. The summed E-state index contributed by atoms with van der Waals surface area (Å²) in [5.41, 5.74) is 1.17. The van der Waals surface area contributed by atoms with Gasteiger partial charge in [-0.15, -0.1) is 11.6 Å². The molecule has 0 aromatic heterocycles. The van der Waals surface area contributed by atoms with Crippen molar-refractivity contribution in [2.45, 2.75) is 38.1 Å². The Morgan fingerprint density at radius 3 is 2.58 bits per heavy atom. The van der Waals surface area contributed by atoms with Gasteiger partial charge in [0.05, 0.1) is 31.8 Å². The van der Waals surface area contributed by atoms with E-state index in [-0.39, 0.29) is 0 Å². The van der Waals surface area contributed by atoms with Gasteiger partial charge in [0.2, 0.25) is 0 Å². The van der Waals surface area contributed by atoms with Crippen LogP contribution in [0.3, 0.4) is 0 Å². The SMILES string of the molecule is COc1ccc(COCCCC[C@H]2O[C@@H]2CCl)cc1. The van der Waals surface area contributed by atoms with Crippen LogP contribution in [0.15, 0.2) is 24.3 Å². The minimum absolute atomic E-state index is 0.307. The van der Waals surface area contributed by atoms with Gasteiger partial charge in [0, 0.05) is 6.61 Å². The van der Waals surface area contributed by atoms with Crippen LogP contribution in [0.1, 0.15) is 24.8 Å². The number of unbranched alkanes of at least 4 members (excludes halogenated alkanes) is 1. The molecule has 106 valence electrons. The van der Waals surface area contributed by atoms with Gasteiger partial charge in [0.1, 0.15) is 5.75 Å². The smallest absolute Gasteiger partial charge is 0.118 e. The van der Waals surface area contributed by atoms with E-state index < -0.39 is 0 Å². The molecular weight excluding hydrogens is 264 g/mol. The number of hydrogen-bond donors (Lipinski definition) is 0. The zero-order chi connectivity index (χ0) is 13.5. The summed E-state index contributed by atoms with van der Waals surface area (Å²) in [4.78, 5) is 0. The van der Waals surface area contributed by atoms with Gasteiger partial charge in [0.15, 0.2) is 0 Å². The molecule has 1 heterocycles. The Labute approximate surface area is 119 Å². The number of ether oxygens (including phenoxy) is 3. The molecule has 1 aliphatic rings. The van der Waals surface area contributed by atoms with E-state index in [1.165, 1.54) is 5.56 Å². The highest BCUT2D eigenvalue weighted by molar-refractivity contribution is 6.18. The molecule has 0 bridgehead atoms. The van der Waals surface area contributed by atoms with Crippen LogP contribution in [0.4, 0.5) is 0 Å². The number of methoxy groups -OCH3 is 1. The fourth-order valence-electron chi connectivity index (χ4n) is 2.03. The van der Waals surface area contributed by atoms with Gasteiger partial charge >= 0.3 is 0 Å². The van der Waals surface area contributed by atoms with Crippen LogP contribution in [-0.2, 0) is 16.1 Å². The van der Waals surface area contributed by atoms with Gasteiger partial charge in [-0.1, -0.05) is 12.1 Å². The second kappa shape index (κ2) is 7.73. The minimum atomic E-state index is 0.307. The summed E-state index contributed by atoms with van der Waals surface area (Å²) < 4.78 is 16.1. The summed E-state index contributed by atoms with van der Waals surface area (Å²) >= 11 is 5.69. The van der Waals surface area contributed by atoms with Crippen molar-refractivity contribution in [1.82, 2.24) is 0 Å². The summed E-state index contributed by atoms with van der Waals surface area (Å²) in [5, 5.41) is 0. The van der Waals surface area contributed by atoms with Crippen molar-refractivity contribution < 1.29 is 14.2 Å². The highest BCUT2D eigenvalue weighted by Gasteiger charge is 2.36. The van der Waals surface area contributed by atoms with Crippen molar-refractivity contribution in [2.75, 3.05) is 19.6 Å². The standard InChI is InChI=1S/C15H21ClO3/c1-17-13-7-5-12(6-8-13)11-18-9-3-2-4-14-15(10-16)19-14/h5-8,14-15H,2-4,9-11H2,1H3/t14-,15-/m1/s1. The molecule has 0 radical (unpaired) electrons. The molecule has 0 saturated carbocycles. The first-order chi connectivity index (χ1) is 9.33. The third-order valence-electron chi connectivity index (χ3n) is 3.29. The van der Waals surface area contributed by atoms with Crippen molar-refractivity contribution in [3.05, 3.63) is 29.8 Å². The Hall–Kier alpha value is -0.770. The van der Waals surface area contributed by atoms with Crippen LogP contribution < -0.4 is 4.74 Å². The van der Waals surface area contributed by atoms with E-state index in [9.17, 15) is 0 Å². The van der Waals surface area contributed by atoms with E-state index in [1.54, 1.807) is 7.11 Å². The normalized spacial score (nSPS) is 21.4. The van der Waals surface area contributed by atoms with Crippen molar-refractivity contribution in [3.8, 4) is 5.75 Å². The van der Waals surface area contributed by atoms with E-state index in [1.807, 2.05) is 24.3 Å². The van der Waals surface area contributed by atoms with Gasteiger partial charge in [-0.3, -0.25) is 0 Å². The molecule has 1 aromatic rings. The largest absolute Gasteiger partial charge is 0.497 e. The highest BCUT2D eigenvalue weighted by atomic mass is 35.5. The molecule has 0 aliphatic carbocycles. The van der Waals surface area contributed by atoms with Crippen molar-refractivity contribution in [2.24, 2.45) is 0 Å². The van der Waals surface area contributed by atoms with E-state index in [4.69, 9.17) is 25.8 Å². The first kappa shape index (κ1) is 14.6. The van der Waals surface area contributed by atoms with E-state index in [0.29, 0.717) is 24.7 Å². The molecule has 3 nitrogen and oxygen atoms in total. The first-order valence-corrected chi connectivity index (χ1v) is 7.29. The molecule has 0 unspecified atom stereocenters. The van der Waals surface area contributed by atoms with Crippen LogP contribution >= 0.6 is 11.6 Å². The Morgan fingerprint density at radius 2 is 1.95 bits per heavy atom. The van der Waals surface area contributed by atoms with Crippen LogP contribution in [0.2, 0.25) is 0 Å². The second-order valence-corrected chi connectivity index (χ2v) is 5.07. The van der Waals surface area contributed by atoms with Gasteiger partial charge in [-0.2, -0.15) is 0 Å². The number of hydrogen-bond acceptors (Lipinski definition) is 3. The lowest BCUT2D eigenvalue weighted by Crippen LogP contribution is -1.98. The Bertz CT molecular complexity index is 366. The van der Waals surface area contributed by atoms with Crippen molar-refractivity contribution in [1.29, 1.82) is 0 Å². The molecular formula is C15H21ClO3. The molecule has 0 amide bonds. The average molecular weight is 285 g/mol. The lowest BCUT2D eigenvalue weighted by molar-refractivity contribution is 0.116. The summed E-state index contributed by atoms with van der Waals surface area (Å²) in [7, 11) is 1.67. The summed E-state index contributed by atoms with van der Waals surface area (Å²) in [6, 6.07) is 7.97. The summed E-state index contributed by atoms with van der Waals surface area (Å²) in [6.07, 6.45) is 4.02. The maximum atomic E-state index is 5.69. The van der Waals surface area contributed by atoms with Crippen LogP contribution in [0, 0.1) is 0 Å². The second-order valence-electron chi connectivity index (χ2n) is 4.76. The molecule has 4 heteroatoms. The van der Waals surface area contributed by atoms with Crippen molar-refractivity contribution >= 4 is 11.6 Å². The quantitative estimate of drug-likeness (QED) is 0.396. The minimum Gasteiger partial charge on any atom is -0.497 e. The Kier molecular flexibility index (Phi) is 5.95. The molecule has 0 spiro atoms. The fourth-order valence-corrected chi connectivity index (χ4v) is 2.30. The number of rotatable bonds is 9. The third-order valence-corrected chi connectivity index (χ3v) is 3.60. The zero-order valence-electron chi connectivity index (χ0n) is 11.3. The van der Waals surface area contributed by atoms with Crippen molar-refractivity contribution in [3.63, 3.8) is 0 Å². The number of epoxide rings is 1. The molecule has 1 aromatic carbocycles. The molecule has 0 N–H and O–H groups in total. The van der Waals surface area contributed by atoms with Crippen LogP contribution in [0.25, 0.3) is 0 Å². The predicted octanol–water partition coefficient (Wildman–Crippen LogP) is 3.39. The van der Waals surface area contributed by atoms with Gasteiger partial charge < -0.3 is 14.2 Å². The van der Waals surface area contributed by atoms with Crippen LogP contribution in [0.5, 0.6) is 5.75 Å². The Balaban J connectivity index is 1.49. The maximum absolute atomic E-state index is 5.69. The van der Waals surface area contributed by atoms with E-state index >= 15 is 0 Å². The van der Waals surface area contributed by atoms with Gasteiger partial charge in [-0.05, 0) is 37.0 Å². The average Bonchev–Trinajstić information content (AvgIpc) is 3.22. The molecule has 2 rings (SSSR count). The number of alkyl halides is 1. The summed E-state index contributed by atoms with van der Waals surface area (Å²) in [6.45, 7) is 1.46. The molecule has 19 heavy (non-hydrogen) atoms. The topological polar surface area (TPSA) is 31.0 Å². The predicted molar refractivity (Wildman–Crippen MR) is 75.9 cm³/mol. The third kappa shape index (κ3) is 5.01. The Morgan fingerprint density at radius 1 is 1.16 bits per heavy atom.